The summed E-state index contributed by atoms with van der Waals surface area (Å²) >= 11 is 0. The molecule has 1 saturated heterocycles. The second kappa shape index (κ2) is 8.71. The molecule has 0 aromatic rings. The number of esters is 1. The van der Waals surface area contributed by atoms with E-state index in [4.69, 9.17) is 9.47 Å². The zero-order valence-electron chi connectivity index (χ0n) is 14.3. The Bertz CT molecular complexity index is 325. The van der Waals surface area contributed by atoms with Crippen molar-refractivity contribution in [2.45, 2.75) is 64.6 Å². The summed E-state index contributed by atoms with van der Waals surface area (Å²) in [5, 5.41) is 3.26. The summed E-state index contributed by atoms with van der Waals surface area (Å²) in [6.07, 6.45) is 3.23. The predicted octanol–water partition coefficient (Wildman–Crippen LogP) is 1.81. The fourth-order valence-corrected chi connectivity index (χ4v) is 2.95. The standard InChI is InChI=1S/C16H32N2O3/c1-6-17-16(4,15(19)20-5)9-7-8-10-18-11-14(3)21-12-13(18)2/h13-14,17H,6-12H2,1-5H3. The lowest BCUT2D eigenvalue weighted by Crippen LogP contribution is -2.50. The monoisotopic (exact) mass is 300 g/mol. The van der Waals surface area contributed by atoms with Gasteiger partial charge in [-0.3, -0.25) is 9.69 Å². The molecular weight excluding hydrogens is 268 g/mol. The Balaban J connectivity index is 2.35. The van der Waals surface area contributed by atoms with Gasteiger partial charge in [-0.05, 0) is 53.1 Å². The number of nitrogens with zero attached hydrogens (tertiary/aromatic N) is 1. The number of unbranched alkanes of at least 4 members (excludes halogenated alkanes) is 1. The molecule has 124 valence electrons. The normalized spacial score (nSPS) is 26.3. The van der Waals surface area contributed by atoms with Crippen molar-refractivity contribution in [3.8, 4) is 0 Å². The Kier molecular flexibility index (Phi) is 7.63. The first-order chi connectivity index (χ1) is 9.92. The Morgan fingerprint density at radius 3 is 2.76 bits per heavy atom. The molecule has 1 fully saturated rings. The number of carbonyl (C=O) groups is 1. The number of ether oxygens (including phenoxy) is 2. The summed E-state index contributed by atoms with van der Waals surface area (Å²) in [7, 11) is 1.45. The lowest BCUT2D eigenvalue weighted by molar-refractivity contribution is -0.148. The average Bonchev–Trinajstić information content (AvgIpc) is 2.46. The van der Waals surface area contributed by atoms with Gasteiger partial charge in [-0.15, -0.1) is 0 Å². The van der Waals surface area contributed by atoms with Crippen LogP contribution in [0.25, 0.3) is 0 Å². The van der Waals surface area contributed by atoms with Gasteiger partial charge < -0.3 is 14.8 Å². The highest BCUT2D eigenvalue weighted by molar-refractivity contribution is 5.80. The fourth-order valence-electron chi connectivity index (χ4n) is 2.95. The van der Waals surface area contributed by atoms with Crippen molar-refractivity contribution < 1.29 is 14.3 Å². The van der Waals surface area contributed by atoms with Crippen LogP contribution in [0.5, 0.6) is 0 Å². The first-order valence-electron chi connectivity index (χ1n) is 8.12. The molecule has 0 radical (unpaired) electrons. The van der Waals surface area contributed by atoms with Gasteiger partial charge in [0.15, 0.2) is 0 Å². The van der Waals surface area contributed by atoms with Crippen LogP contribution in [0.1, 0.15) is 47.0 Å². The van der Waals surface area contributed by atoms with Crippen LogP contribution in [-0.2, 0) is 14.3 Å². The minimum absolute atomic E-state index is 0.169. The number of morpholine rings is 1. The Hall–Kier alpha value is -0.650. The van der Waals surface area contributed by atoms with Gasteiger partial charge in [0.2, 0.25) is 0 Å². The maximum Gasteiger partial charge on any atom is 0.325 e. The third kappa shape index (κ3) is 5.57. The number of methoxy groups -OCH3 is 1. The van der Waals surface area contributed by atoms with Crippen molar-refractivity contribution >= 4 is 5.97 Å². The molecule has 1 aliphatic heterocycles. The predicted molar refractivity (Wildman–Crippen MR) is 84.4 cm³/mol. The quantitative estimate of drug-likeness (QED) is 0.547. The van der Waals surface area contributed by atoms with E-state index in [1.165, 1.54) is 7.11 Å². The minimum atomic E-state index is -0.562. The van der Waals surface area contributed by atoms with Gasteiger partial charge in [0, 0.05) is 12.6 Å². The van der Waals surface area contributed by atoms with Gasteiger partial charge in [0.25, 0.3) is 0 Å². The number of rotatable bonds is 8. The minimum Gasteiger partial charge on any atom is -0.468 e. The van der Waals surface area contributed by atoms with Gasteiger partial charge in [-0.25, -0.2) is 0 Å². The molecular formula is C16H32N2O3. The van der Waals surface area contributed by atoms with Crippen LogP contribution in [-0.4, -0.2) is 61.9 Å². The smallest absolute Gasteiger partial charge is 0.325 e. The number of hydrogen-bond acceptors (Lipinski definition) is 5. The molecule has 0 saturated carbocycles. The number of carbonyl (C=O) groups excluding carboxylic acids is 1. The van der Waals surface area contributed by atoms with Crippen LogP contribution >= 0.6 is 0 Å². The summed E-state index contributed by atoms with van der Waals surface area (Å²) in [6, 6.07) is 0.488. The van der Waals surface area contributed by atoms with Crippen LogP contribution in [0.2, 0.25) is 0 Å². The first-order valence-corrected chi connectivity index (χ1v) is 8.12. The topological polar surface area (TPSA) is 50.8 Å². The maximum atomic E-state index is 11.9. The number of nitrogens with one attached hydrogen (secondary N) is 1. The first kappa shape index (κ1) is 18.4. The Morgan fingerprint density at radius 1 is 1.43 bits per heavy atom. The summed E-state index contributed by atoms with van der Waals surface area (Å²) in [5.74, 6) is -0.169. The zero-order valence-corrected chi connectivity index (χ0v) is 14.3. The molecule has 0 aromatic heterocycles. The average molecular weight is 300 g/mol. The van der Waals surface area contributed by atoms with Crippen molar-refractivity contribution in [2.24, 2.45) is 0 Å². The van der Waals surface area contributed by atoms with Gasteiger partial charge in [-0.2, -0.15) is 0 Å². The third-order valence-corrected chi connectivity index (χ3v) is 4.31. The summed E-state index contributed by atoms with van der Waals surface area (Å²) < 4.78 is 10.6. The third-order valence-electron chi connectivity index (χ3n) is 4.31. The molecule has 0 aliphatic carbocycles. The maximum absolute atomic E-state index is 11.9. The lowest BCUT2D eigenvalue weighted by atomic mass is 9.94. The largest absolute Gasteiger partial charge is 0.468 e. The van der Waals surface area contributed by atoms with Crippen LogP contribution in [0.15, 0.2) is 0 Å². The van der Waals surface area contributed by atoms with Gasteiger partial charge in [0.1, 0.15) is 5.54 Å². The molecule has 0 aromatic carbocycles. The summed E-state index contributed by atoms with van der Waals surface area (Å²) in [4.78, 5) is 14.4. The molecule has 5 nitrogen and oxygen atoms in total. The molecule has 0 bridgehead atoms. The zero-order chi connectivity index (χ0) is 15.9. The second-order valence-corrected chi connectivity index (χ2v) is 6.30. The van der Waals surface area contributed by atoms with Crippen molar-refractivity contribution in [3.63, 3.8) is 0 Å². The van der Waals surface area contributed by atoms with Crippen LogP contribution < -0.4 is 5.32 Å². The van der Waals surface area contributed by atoms with Crippen molar-refractivity contribution in [1.82, 2.24) is 10.2 Å². The van der Waals surface area contributed by atoms with E-state index in [0.29, 0.717) is 12.1 Å². The molecule has 0 amide bonds. The van der Waals surface area contributed by atoms with Crippen molar-refractivity contribution in [2.75, 3.05) is 33.4 Å². The van der Waals surface area contributed by atoms with E-state index in [1.807, 2.05) is 13.8 Å². The van der Waals surface area contributed by atoms with Crippen molar-refractivity contribution in [1.29, 1.82) is 0 Å². The van der Waals surface area contributed by atoms with Gasteiger partial charge in [-0.1, -0.05) is 6.92 Å². The highest BCUT2D eigenvalue weighted by Crippen LogP contribution is 2.18. The molecule has 21 heavy (non-hydrogen) atoms. The lowest BCUT2D eigenvalue weighted by Gasteiger charge is -2.37. The highest BCUT2D eigenvalue weighted by atomic mass is 16.5. The van der Waals surface area contributed by atoms with Gasteiger partial charge in [0.05, 0.1) is 19.8 Å². The molecule has 1 rings (SSSR count). The van der Waals surface area contributed by atoms with E-state index >= 15 is 0 Å². The molecule has 1 N–H and O–H groups in total. The molecule has 0 spiro atoms. The molecule has 3 atom stereocenters. The fraction of sp³-hybridized carbons (Fsp3) is 0.938. The van der Waals surface area contributed by atoms with E-state index in [1.54, 1.807) is 0 Å². The molecule has 1 heterocycles. The highest BCUT2D eigenvalue weighted by Gasteiger charge is 2.32. The van der Waals surface area contributed by atoms with Crippen molar-refractivity contribution in [3.05, 3.63) is 0 Å². The molecule has 1 aliphatic rings. The van der Waals surface area contributed by atoms with E-state index in [9.17, 15) is 4.79 Å². The van der Waals surface area contributed by atoms with E-state index in [-0.39, 0.29) is 5.97 Å². The summed E-state index contributed by atoms with van der Waals surface area (Å²) in [6.45, 7) is 11.9. The molecule has 5 heteroatoms. The van der Waals surface area contributed by atoms with E-state index in [2.05, 4.69) is 24.1 Å². The van der Waals surface area contributed by atoms with Crippen LogP contribution in [0.3, 0.4) is 0 Å². The van der Waals surface area contributed by atoms with E-state index in [0.717, 1.165) is 45.5 Å². The molecule has 3 unspecified atom stereocenters. The van der Waals surface area contributed by atoms with Crippen LogP contribution in [0.4, 0.5) is 0 Å². The number of hydrogen-bond donors (Lipinski definition) is 1. The number of likely N-dealkylation sites (N-methyl/N-ethyl adjacent to an activating group) is 1. The summed E-state index contributed by atoms with van der Waals surface area (Å²) in [5.41, 5.74) is -0.562. The Labute approximate surface area is 129 Å². The second-order valence-electron chi connectivity index (χ2n) is 6.30. The van der Waals surface area contributed by atoms with Crippen LogP contribution in [0, 0.1) is 0 Å². The van der Waals surface area contributed by atoms with Gasteiger partial charge >= 0.3 is 5.97 Å². The SMILES string of the molecule is CCNC(C)(CCCCN1CC(C)OCC1C)C(=O)OC. The Morgan fingerprint density at radius 2 is 2.14 bits per heavy atom. The van der Waals surface area contributed by atoms with E-state index < -0.39 is 5.54 Å².